The van der Waals surface area contributed by atoms with Gasteiger partial charge in [0.15, 0.2) is 0 Å². The van der Waals surface area contributed by atoms with Crippen molar-refractivity contribution >= 4 is 21.6 Å². The predicted octanol–water partition coefficient (Wildman–Crippen LogP) is 4.17. The zero-order valence-corrected chi connectivity index (χ0v) is 12.4. The van der Waals surface area contributed by atoms with E-state index in [0.29, 0.717) is 13.0 Å². The highest BCUT2D eigenvalue weighted by molar-refractivity contribution is 8.79. The summed E-state index contributed by atoms with van der Waals surface area (Å²) in [7, 11) is 3.15. The van der Waals surface area contributed by atoms with Crippen molar-refractivity contribution in [1.82, 2.24) is 0 Å². The van der Waals surface area contributed by atoms with Crippen LogP contribution in [0, 0.1) is 17.3 Å². The molecule has 0 bridgehead atoms. The fourth-order valence-electron chi connectivity index (χ4n) is 1.58. The van der Waals surface area contributed by atoms with Crippen molar-refractivity contribution in [2.24, 2.45) is 5.18 Å². The molecule has 0 fully saturated rings. The van der Waals surface area contributed by atoms with E-state index in [1.165, 1.54) is 0 Å². The van der Waals surface area contributed by atoms with Gasteiger partial charge in [0.25, 0.3) is 0 Å². The van der Waals surface area contributed by atoms with Crippen LogP contribution < -0.4 is 4.74 Å². The van der Waals surface area contributed by atoms with E-state index in [0.717, 1.165) is 21.1 Å². The molecule has 0 amide bonds. The molecule has 1 heterocycles. The van der Waals surface area contributed by atoms with E-state index < -0.39 is 0 Å². The first-order valence-electron chi connectivity index (χ1n) is 6.00. The molecule has 5 heteroatoms. The number of hydrogen-bond donors (Lipinski definition) is 0. The van der Waals surface area contributed by atoms with Crippen molar-refractivity contribution in [2.75, 3.05) is 13.2 Å². The lowest BCUT2D eigenvalue weighted by molar-refractivity contribution is 0.359. The van der Waals surface area contributed by atoms with Crippen molar-refractivity contribution in [3.05, 3.63) is 56.7 Å². The molecule has 3 nitrogen and oxygen atoms in total. The van der Waals surface area contributed by atoms with Crippen LogP contribution in [0.1, 0.15) is 5.56 Å². The summed E-state index contributed by atoms with van der Waals surface area (Å²) in [6.07, 6.45) is 9.78. The van der Waals surface area contributed by atoms with Gasteiger partial charge in [-0.3, -0.25) is 0 Å². The Hall–Kier alpha value is -1.64. The van der Waals surface area contributed by atoms with Crippen LogP contribution in [0.5, 0.6) is 5.75 Å². The average Bonchev–Trinajstić information content (AvgIpc) is 2.48. The Labute approximate surface area is 126 Å². The molecule has 0 N–H and O–H groups in total. The molecule has 0 saturated heterocycles. The summed E-state index contributed by atoms with van der Waals surface area (Å²) in [5.74, 6) is 3.43. The number of allylic oxidation sites excluding steroid dienone is 2. The quantitative estimate of drug-likeness (QED) is 0.449. The van der Waals surface area contributed by atoms with Crippen LogP contribution in [-0.4, -0.2) is 13.2 Å². The zero-order valence-electron chi connectivity index (χ0n) is 10.7. The second kappa shape index (κ2) is 7.83. The second-order valence-corrected chi connectivity index (χ2v) is 6.42. The third kappa shape index (κ3) is 4.48. The highest BCUT2D eigenvalue weighted by Gasteiger charge is 2.09. The van der Waals surface area contributed by atoms with Gasteiger partial charge < -0.3 is 4.74 Å². The molecule has 0 aliphatic carbocycles. The lowest BCUT2D eigenvalue weighted by Gasteiger charge is -2.13. The summed E-state index contributed by atoms with van der Waals surface area (Å²) in [5, 5.41) is 2.88. The molecule has 1 aliphatic heterocycles. The summed E-state index contributed by atoms with van der Waals surface area (Å²) in [6, 6.07) is 7.79. The molecule has 0 radical (unpaired) electrons. The maximum Gasteiger partial charge on any atom is 0.120 e. The van der Waals surface area contributed by atoms with Crippen LogP contribution in [-0.2, 0) is 6.42 Å². The van der Waals surface area contributed by atoms with Gasteiger partial charge in [-0.05, 0) is 29.8 Å². The van der Waals surface area contributed by atoms with Crippen LogP contribution >= 0.6 is 21.6 Å². The van der Waals surface area contributed by atoms with Crippen LogP contribution in [0.4, 0.5) is 0 Å². The number of hydrogen-bond acceptors (Lipinski definition) is 5. The number of nitrogens with zero attached hydrogens (tertiary/aromatic N) is 1. The van der Waals surface area contributed by atoms with E-state index in [-0.39, 0.29) is 6.54 Å². The zero-order chi connectivity index (χ0) is 14.2. The maximum absolute atomic E-state index is 10.2. The number of nitroso groups, excluding NO2 is 1. The Balaban J connectivity index is 1.91. The molecule has 0 unspecified atom stereocenters. The minimum Gasteiger partial charge on any atom is -0.488 e. The van der Waals surface area contributed by atoms with E-state index in [1.807, 2.05) is 36.4 Å². The fourth-order valence-corrected chi connectivity index (χ4v) is 3.53. The molecule has 102 valence electrons. The standard InChI is InChI=1S/C15H13NO2S2/c1-2-4-12-5-3-6-13(9-12)18-11-15-8-7-14(10-16-17)19-20-15/h1,3,5-9H,4,10-11H2. The van der Waals surface area contributed by atoms with Crippen molar-refractivity contribution in [2.45, 2.75) is 6.42 Å². The van der Waals surface area contributed by atoms with Gasteiger partial charge in [-0.2, -0.15) is 4.91 Å². The van der Waals surface area contributed by atoms with Gasteiger partial charge in [0, 0.05) is 16.2 Å². The van der Waals surface area contributed by atoms with Crippen molar-refractivity contribution in [3.8, 4) is 18.1 Å². The molecule has 0 spiro atoms. The summed E-state index contributed by atoms with van der Waals surface area (Å²) in [6.45, 7) is 0.742. The molecule has 2 rings (SSSR count). The average molecular weight is 303 g/mol. The first-order valence-corrected chi connectivity index (χ1v) is 8.15. The van der Waals surface area contributed by atoms with Gasteiger partial charge in [0.2, 0.25) is 0 Å². The van der Waals surface area contributed by atoms with E-state index in [2.05, 4.69) is 11.1 Å². The number of ether oxygens (including phenoxy) is 1. The van der Waals surface area contributed by atoms with Gasteiger partial charge >= 0.3 is 0 Å². The van der Waals surface area contributed by atoms with Gasteiger partial charge in [0.05, 0.1) is 0 Å². The van der Waals surface area contributed by atoms with Crippen LogP contribution in [0.15, 0.2) is 51.4 Å². The molecular weight excluding hydrogens is 290 g/mol. The summed E-state index contributed by atoms with van der Waals surface area (Å²) in [5.41, 5.74) is 1.07. The monoisotopic (exact) mass is 303 g/mol. The van der Waals surface area contributed by atoms with E-state index in [4.69, 9.17) is 11.2 Å². The lowest BCUT2D eigenvalue weighted by atomic mass is 10.1. The molecule has 0 aromatic heterocycles. The fraction of sp³-hybridized carbons (Fsp3) is 0.200. The minimum atomic E-state index is 0.233. The molecule has 1 aliphatic rings. The maximum atomic E-state index is 10.2. The van der Waals surface area contributed by atoms with E-state index in [9.17, 15) is 4.91 Å². The van der Waals surface area contributed by atoms with Crippen LogP contribution in [0.2, 0.25) is 0 Å². The predicted molar refractivity (Wildman–Crippen MR) is 86.5 cm³/mol. The Kier molecular flexibility index (Phi) is 5.78. The molecular formula is C15H13NO2S2. The molecule has 0 atom stereocenters. The summed E-state index contributed by atoms with van der Waals surface area (Å²) in [4.78, 5) is 12.2. The highest BCUT2D eigenvalue weighted by Crippen LogP contribution is 2.40. The number of rotatable bonds is 6. The van der Waals surface area contributed by atoms with Gasteiger partial charge in [-0.25, -0.2) is 0 Å². The SMILES string of the molecule is C#CCc1cccc(OCC2=CC=C(CN=O)SS2)c1. The molecule has 1 aromatic carbocycles. The molecule has 1 aromatic rings. The largest absolute Gasteiger partial charge is 0.488 e. The van der Waals surface area contributed by atoms with Gasteiger partial charge in [-0.15, -0.1) is 12.3 Å². The molecule has 20 heavy (non-hydrogen) atoms. The van der Waals surface area contributed by atoms with Gasteiger partial charge in [-0.1, -0.05) is 38.9 Å². The van der Waals surface area contributed by atoms with E-state index in [1.54, 1.807) is 21.6 Å². The van der Waals surface area contributed by atoms with Crippen molar-refractivity contribution in [1.29, 1.82) is 0 Å². The smallest absolute Gasteiger partial charge is 0.120 e. The van der Waals surface area contributed by atoms with Crippen molar-refractivity contribution < 1.29 is 4.74 Å². The minimum absolute atomic E-state index is 0.233. The van der Waals surface area contributed by atoms with Crippen LogP contribution in [0.25, 0.3) is 0 Å². The normalized spacial score (nSPS) is 13.9. The molecule has 0 saturated carbocycles. The third-order valence-corrected chi connectivity index (χ3v) is 5.08. The number of terminal acetylenes is 1. The van der Waals surface area contributed by atoms with E-state index >= 15 is 0 Å². The first kappa shape index (κ1) is 14.8. The van der Waals surface area contributed by atoms with Crippen LogP contribution in [0.3, 0.4) is 0 Å². The Bertz CT molecular complexity index is 588. The Morgan fingerprint density at radius 3 is 2.75 bits per heavy atom. The Morgan fingerprint density at radius 2 is 2.05 bits per heavy atom. The topological polar surface area (TPSA) is 38.7 Å². The lowest BCUT2D eigenvalue weighted by Crippen LogP contribution is -2.00. The summed E-state index contributed by atoms with van der Waals surface area (Å²) >= 11 is 0. The first-order chi connectivity index (χ1) is 9.81. The third-order valence-electron chi connectivity index (χ3n) is 2.52. The number of benzene rings is 1. The second-order valence-electron chi connectivity index (χ2n) is 4.04. The summed E-state index contributed by atoms with van der Waals surface area (Å²) < 4.78 is 5.74. The van der Waals surface area contributed by atoms with Gasteiger partial charge in [0.1, 0.15) is 18.9 Å². The Morgan fingerprint density at radius 1 is 1.25 bits per heavy atom. The highest BCUT2D eigenvalue weighted by atomic mass is 33.1. The van der Waals surface area contributed by atoms with Crippen molar-refractivity contribution in [3.63, 3.8) is 0 Å².